The minimum absolute atomic E-state index is 0.00851. The molecule has 1 aromatic heterocycles. The number of carbonyl (C=O) groups excluding carboxylic acids is 2. The summed E-state index contributed by atoms with van der Waals surface area (Å²) in [5, 5.41) is 22.0. The van der Waals surface area contributed by atoms with Crippen molar-refractivity contribution in [2.45, 2.75) is 39.3 Å². The van der Waals surface area contributed by atoms with Gasteiger partial charge in [0.25, 0.3) is 5.91 Å². The maximum absolute atomic E-state index is 13.3. The molecule has 0 fully saturated rings. The SMILES string of the molecule is Cc1c(CC(=O)NC(C)CC(=O)O)c2cc(O)c(Cl)cc2n1C(=O)c1ccc(OC(F)F)cc1. The zero-order valence-electron chi connectivity index (χ0n) is 18.1. The lowest BCUT2D eigenvalue weighted by Crippen LogP contribution is -2.35. The van der Waals surface area contributed by atoms with Gasteiger partial charge in [-0.2, -0.15) is 8.78 Å². The number of hydrogen-bond acceptors (Lipinski definition) is 5. The van der Waals surface area contributed by atoms with Crippen molar-refractivity contribution in [2.24, 2.45) is 0 Å². The summed E-state index contributed by atoms with van der Waals surface area (Å²) in [7, 11) is 0. The molecule has 0 spiro atoms. The van der Waals surface area contributed by atoms with Crippen molar-refractivity contribution >= 4 is 40.3 Å². The van der Waals surface area contributed by atoms with Gasteiger partial charge in [0.15, 0.2) is 0 Å². The number of aromatic nitrogens is 1. The summed E-state index contributed by atoms with van der Waals surface area (Å²) in [4.78, 5) is 36.7. The Labute approximate surface area is 197 Å². The number of rotatable bonds is 8. The normalized spacial score (nSPS) is 12.1. The second-order valence-corrected chi connectivity index (χ2v) is 8.08. The lowest BCUT2D eigenvalue weighted by atomic mass is 10.1. The van der Waals surface area contributed by atoms with E-state index in [1.165, 1.54) is 41.0 Å². The monoisotopic (exact) mass is 494 g/mol. The number of carbonyl (C=O) groups is 3. The summed E-state index contributed by atoms with van der Waals surface area (Å²) >= 11 is 6.07. The zero-order valence-corrected chi connectivity index (χ0v) is 18.9. The van der Waals surface area contributed by atoms with Crippen LogP contribution in [0.1, 0.15) is 35.0 Å². The molecule has 1 heterocycles. The molecule has 11 heteroatoms. The summed E-state index contributed by atoms with van der Waals surface area (Å²) in [6, 6.07) is 7.24. The van der Waals surface area contributed by atoms with E-state index in [4.69, 9.17) is 16.7 Å². The Balaban J connectivity index is 2.01. The number of halogens is 3. The molecule has 0 radical (unpaired) electrons. The standard InChI is InChI=1S/C23H21ClF2N2O6/c1-11(7-21(31)32)27-20(30)9-15-12(2)28(18-10-17(24)19(29)8-16(15)18)22(33)13-3-5-14(6-4-13)34-23(25)26/h3-6,8,10-11,23,29H,7,9H2,1-2H3,(H,27,30)(H,31,32). The number of aliphatic carboxylic acids is 1. The Morgan fingerprint density at radius 2 is 1.82 bits per heavy atom. The number of hydrogen-bond donors (Lipinski definition) is 3. The van der Waals surface area contributed by atoms with E-state index in [0.717, 1.165) is 0 Å². The fourth-order valence-electron chi connectivity index (χ4n) is 3.68. The minimum Gasteiger partial charge on any atom is -0.506 e. The van der Waals surface area contributed by atoms with Gasteiger partial charge in [0.2, 0.25) is 5.91 Å². The molecule has 2 aromatic carbocycles. The Kier molecular flexibility index (Phi) is 7.41. The molecule has 8 nitrogen and oxygen atoms in total. The van der Waals surface area contributed by atoms with Gasteiger partial charge in [0, 0.05) is 22.7 Å². The first kappa shape index (κ1) is 25.0. The Morgan fingerprint density at radius 1 is 1.18 bits per heavy atom. The molecule has 0 bridgehead atoms. The van der Waals surface area contributed by atoms with Crippen molar-refractivity contribution < 1.29 is 38.1 Å². The van der Waals surface area contributed by atoms with Crippen LogP contribution in [-0.2, 0) is 16.0 Å². The highest BCUT2D eigenvalue weighted by Gasteiger charge is 2.23. The van der Waals surface area contributed by atoms with Crippen LogP contribution in [0.2, 0.25) is 5.02 Å². The van der Waals surface area contributed by atoms with Gasteiger partial charge >= 0.3 is 12.6 Å². The minimum atomic E-state index is -3.00. The van der Waals surface area contributed by atoms with Crippen LogP contribution in [0.5, 0.6) is 11.5 Å². The average molecular weight is 495 g/mol. The highest BCUT2D eigenvalue weighted by molar-refractivity contribution is 6.33. The highest BCUT2D eigenvalue weighted by atomic mass is 35.5. The fourth-order valence-corrected chi connectivity index (χ4v) is 3.84. The van der Waals surface area contributed by atoms with E-state index in [1.54, 1.807) is 13.8 Å². The van der Waals surface area contributed by atoms with Crippen molar-refractivity contribution in [1.82, 2.24) is 9.88 Å². The highest BCUT2D eigenvalue weighted by Crippen LogP contribution is 2.35. The van der Waals surface area contributed by atoms with E-state index in [-0.39, 0.29) is 34.9 Å². The maximum Gasteiger partial charge on any atom is 0.387 e. The molecule has 1 atom stereocenters. The van der Waals surface area contributed by atoms with Gasteiger partial charge in [-0.05, 0) is 55.8 Å². The molecule has 3 N–H and O–H groups in total. The second-order valence-electron chi connectivity index (χ2n) is 7.67. The third kappa shape index (κ3) is 5.45. The van der Waals surface area contributed by atoms with Gasteiger partial charge in [0.05, 0.1) is 23.4 Å². The number of alkyl halides is 2. The number of carboxylic acid groups (broad SMARTS) is 1. The number of nitrogens with one attached hydrogen (secondary N) is 1. The predicted molar refractivity (Wildman–Crippen MR) is 120 cm³/mol. The topological polar surface area (TPSA) is 118 Å². The van der Waals surface area contributed by atoms with E-state index < -0.39 is 30.4 Å². The molecule has 0 saturated carbocycles. The van der Waals surface area contributed by atoms with Crippen LogP contribution in [-0.4, -0.2) is 45.2 Å². The lowest BCUT2D eigenvalue weighted by molar-refractivity contribution is -0.137. The van der Waals surface area contributed by atoms with Gasteiger partial charge < -0.3 is 20.3 Å². The molecular weight excluding hydrogens is 474 g/mol. The molecule has 3 rings (SSSR count). The molecule has 1 unspecified atom stereocenters. The number of amides is 1. The van der Waals surface area contributed by atoms with Crippen LogP contribution >= 0.6 is 11.6 Å². The number of aromatic hydroxyl groups is 1. The Bertz CT molecular complexity index is 1260. The van der Waals surface area contributed by atoms with Crippen molar-refractivity contribution in [3.05, 3.63) is 58.2 Å². The van der Waals surface area contributed by atoms with Gasteiger partial charge in [-0.1, -0.05) is 11.6 Å². The Hall–Kier alpha value is -3.66. The smallest absolute Gasteiger partial charge is 0.387 e. The molecule has 0 aliphatic rings. The zero-order chi connectivity index (χ0) is 25.2. The molecule has 34 heavy (non-hydrogen) atoms. The first-order chi connectivity index (χ1) is 16.0. The predicted octanol–water partition coefficient (Wildman–Crippen LogP) is 4.12. The molecule has 0 aliphatic heterocycles. The van der Waals surface area contributed by atoms with Gasteiger partial charge in [-0.15, -0.1) is 0 Å². The molecular formula is C23H21ClF2N2O6. The third-order valence-corrected chi connectivity index (χ3v) is 5.46. The van der Waals surface area contributed by atoms with E-state index in [9.17, 15) is 28.3 Å². The number of ether oxygens (including phenoxy) is 1. The average Bonchev–Trinajstić information content (AvgIpc) is 2.98. The Morgan fingerprint density at radius 3 is 2.41 bits per heavy atom. The van der Waals surface area contributed by atoms with Crippen LogP contribution in [0, 0.1) is 6.92 Å². The van der Waals surface area contributed by atoms with Gasteiger partial charge in [-0.25, -0.2) is 0 Å². The van der Waals surface area contributed by atoms with Crippen LogP contribution in [0.3, 0.4) is 0 Å². The van der Waals surface area contributed by atoms with E-state index in [2.05, 4.69) is 10.1 Å². The van der Waals surface area contributed by atoms with Crippen LogP contribution in [0.15, 0.2) is 36.4 Å². The molecule has 0 saturated heterocycles. The summed E-state index contributed by atoms with van der Waals surface area (Å²) in [6.07, 6.45) is -0.443. The number of nitrogens with zero attached hydrogens (tertiary/aromatic N) is 1. The molecule has 180 valence electrons. The number of phenolic OH excluding ortho intramolecular Hbond substituents is 1. The first-order valence-corrected chi connectivity index (χ1v) is 10.5. The van der Waals surface area contributed by atoms with Crippen molar-refractivity contribution in [3.63, 3.8) is 0 Å². The van der Waals surface area contributed by atoms with Crippen molar-refractivity contribution in [3.8, 4) is 11.5 Å². The number of phenols is 1. The summed E-state index contributed by atoms with van der Waals surface area (Å²) < 4.78 is 30.4. The van der Waals surface area contributed by atoms with E-state index in [1.807, 2.05) is 0 Å². The largest absolute Gasteiger partial charge is 0.506 e. The molecule has 3 aromatic rings. The van der Waals surface area contributed by atoms with E-state index in [0.29, 0.717) is 22.2 Å². The number of carboxylic acids is 1. The van der Waals surface area contributed by atoms with Gasteiger partial charge in [0.1, 0.15) is 11.5 Å². The second kappa shape index (κ2) is 10.1. The summed E-state index contributed by atoms with van der Waals surface area (Å²) in [5.41, 5.74) is 1.33. The van der Waals surface area contributed by atoms with Crippen molar-refractivity contribution in [2.75, 3.05) is 0 Å². The quantitative estimate of drug-likeness (QED) is 0.433. The maximum atomic E-state index is 13.3. The van der Waals surface area contributed by atoms with Crippen molar-refractivity contribution in [1.29, 1.82) is 0 Å². The summed E-state index contributed by atoms with van der Waals surface area (Å²) in [6.45, 7) is 0.165. The lowest BCUT2D eigenvalue weighted by Gasteiger charge is -2.12. The molecule has 0 aliphatic carbocycles. The molecule has 1 amide bonds. The fraction of sp³-hybridized carbons (Fsp3) is 0.261. The number of fused-ring (bicyclic) bond motifs is 1. The van der Waals surface area contributed by atoms with Gasteiger partial charge in [-0.3, -0.25) is 19.0 Å². The van der Waals surface area contributed by atoms with E-state index >= 15 is 0 Å². The third-order valence-electron chi connectivity index (χ3n) is 5.16. The number of benzene rings is 2. The first-order valence-electron chi connectivity index (χ1n) is 10.1. The van der Waals surface area contributed by atoms with Crippen LogP contribution in [0.25, 0.3) is 10.9 Å². The van der Waals surface area contributed by atoms with Crippen LogP contribution in [0.4, 0.5) is 8.78 Å². The summed E-state index contributed by atoms with van der Waals surface area (Å²) in [5.74, 6) is -2.39. The van der Waals surface area contributed by atoms with Crippen LogP contribution < -0.4 is 10.1 Å².